The maximum absolute atomic E-state index is 12.8. The average Bonchev–Trinajstić information content (AvgIpc) is 2.71. The molecule has 1 saturated carbocycles. The lowest BCUT2D eigenvalue weighted by atomic mass is 9.82. The Labute approximate surface area is 139 Å². The minimum atomic E-state index is -3.02. The zero-order valence-electron chi connectivity index (χ0n) is 13.7. The van der Waals surface area contributed by atoms with Gasteiger partial charge in [-0.3, -0.25) is 0 Å². The zero-order valence-corrected chi connectivity index (χ0v) is 13.7. The van der Waals surface area contributed by atoms with E-state index in [1.54, 1.807) is 19.9 Å². The lowest BCUT2D eigenvalue weighted by Gasteiger charge is -2.31. The van der Waals surface area contributed by atoms with Crippen LogP contribution in [0.3, 0.4) is 0 Å². The average molecular weight is 338 g/mol. The van der Waals surface area contributed by atoms with Crippen molar-refractivity contribution < 1.29 is 28.2 Å². The molecule has 1 heterocycles. The van der Waals surface area contributed by atoms with Crippen LogP contribution in [-0.2, 0) is 9.53 Å². The topological polar surface area (TPSA) is 55.8 Å². The van der Waals surface area contributed by atoms with Crippen molar-refractivity contribution in [1.82, 2.24) is 0 Å². The van der Waals surface area contributed by atoms with Gasteiger partial charge in [0.15, 0.2) is 11.4 Å². The van der Waals surface area contributed by atoms with Crippen LogP contribution in [0.2, 0.25) is 0 Å². The molecule has 0 amide bonds. The SMILES string of the molecule is Cc1cc(C)c(C2=C(O)C3(CCCCC3)OC2=O)c(OC(F)F)c1. The van der Waals surface area contributed by atoms with Crippen molar-refractivity contribution in [1.29, 1.82) is 0 Å². The molecule has 0 aromatic heterocycles. The maximum Gasteiger partial charge on any atom is 0.387 e. The predicted octanol–water partition coefficient (Wildman–Crippen LogP) is 4.43. The fourth-order valence-corrected chi connectivity index (χ4v) is 3.72. The van der Waals surface area contributed by atoms with Crippen molar-refractivity contribution in [2.45, 2.75) is 58.2 Å². The summed E-state index contributed by atoms with van der Waals surface area (Å²) in [5.74, 6) is -0.951. The molecule has 2 aliphatic rings. The molecular formula is C18H20F2O4. The largest absolute Gasteiger partial charge is 0.507 e. The van der Waals surface area contributed by atoms with Gasteiger partial charge in [-0.2, -0.15) is 8.78 Å². The smallest absolute Gasteiger partial charge is 0.387 e. The van der Waals surface area contributed by atoms with E-state index in [-0.39, 0.29) is 22.6 Å². The number of hydrogen-bond donors (Lipinski definition) is 1. The number of aliphatic hydroxyl groups is 1. The first-order chi connectivity index (χ1) is 11.3. The van der Waals surface area contributed by atoms with E-state index in [0.717, 1.165) is 24.8 Å². The first-order valence-corrected chi connectivity index (χ1v) is 8.07. The molecular weight excluding hydrogens is 318 g/mol. The highest BCUT2D eigenvalue weighted by Crippen LogP contribution is 2.47. The molecule has 24 heavy (non-hydrogen) atoms. The van der Waals surface area contributed by atoms with Gasteiger partial charge < -0.3 is 14.6 Å². The molecule has 1 fully saturated rings. The van der Waals surface area contributed by atoms with Gasteiger partial charge in [0.1, 0.15) is 11.3 Å². The van der Waals surface area contributed by atoms with Crippen molar-refractivity contribution in [3.05, 3.63) is 34.6 Å². The van der Waals surface area contributed by atoms with Crippen molar-refractivity contribution in [2.24, 2.45) is 0 Å². The van der Waals surface area contributed by atoms with E-state index in [1.165, 1.54) is 6.07 Å². The van der Waals surface area contributed by atoms with Gasteiger partial charge in [-0.15, -0.1) is 0 Å². The molecule has 6 heteroatoms. The fourth-order valence-electron chi connectivity index (χ4n) is 3.72. The second-order valence-electron chi connectivity index (χ2n) is 6.50. The molecule has 3 rings (SSSR count). The van der Waals surface area contributed by atoms with Gasteiger partial charge in [0.25, 0.3) is 0 Å². The van der Waals surface area contributed by atoms with Crippen LogP contribution in [0.4, 0.5) is 8.78 Å². The van der Waals surface area contributed by atoms with E-state index in [9.17, 15) is 18.7 Å². The lowest BCUT2D eigenvalue weighted by molar-refractivity contribution is -0.149. The van der Waals surface area contributed by atoms with E-state index in [0.29, 0.717) is 18.4 Å². The van der Waals surface area contributed by atoms with Gasteiger partial charge in [-0.05, 0) is 56.7 Å². The van der Waals surface area contributed by atoms with Crippen LogP contribution in [0.25, 0.3) is 5.57 Å². The predicted molar refractivity (Wildman–Crippen MR) is 84.0 cm³/mol. The van der Waals surface area contributed by atoms with E-state index in [2.05, 4.69) is 4.74 Å². The molecule has 130 valence electrons. The minimum Gasteiger partial charge on any atom is -0.507 e. The third-order valence-electron chi connectivity index (χ3n) is 4.73. The van der Waals surface area contributed by atoms with E-state index in [1.807, 2.05) is 0 Å². The van der Waals surface area contributed by atoms with Gasteiger partial charge in [0.05, 0.1) is 0 Å². The highest BCUT2D eigenvalue weighted by molar-refractivity contribution is 6.20. The van der Waals surface area contributed by atoms with Gasteiger partial charge in [-0.25, -0.2) is 4.79 Å². The van der Waals surface area contributed by atoms with Crippen molar-refractivity contribution in [3.63, 3.8) is 0 Å². The first kappa shape index (κ1) is 16.7. The standard InChI is InChI=1S/C18H20F2O4/c1-10-8-11(2)13(12(9-10)23-17(19)20)14-15(21)18(24-16(14)22)6-4-3-5-7-18/h8-9,17,21H,3-7H2,1-2H3. The second-order valence-corrected chi connectivity index (χ2v) is 6.50. The summed E-state index contributed by atoms with van der Waals surface area (Å²) in [5, 5.41) is 10.7. The van der Waals surface area contributed by atoms with Crippen LogP contribution in [0, 0.1) is 13.8 Å². The Morgan fingerprint density at radius 2 is 1.88 bits per heavy atom. The Morgan fingerprint density at radius 1 is 1.21 bits per heavy atom. The molecule has 0 unspecified atom stereocenters. The summed E-state index contributed by atoms with van der Waals surface area (Å²) in [5.41, 5.74) is 0.433. The monoisotopic (exact) mass is 338 g/mol. The number of carbonyl (C=O) groups is 1. The second kappa shape index (κ2) is 6.07. The molecule has 1 aliphatic heterocycles. The highest BCUT2D eigenvalue weighted by Gasteiger charge is 2.49. The van der Waals surface area contributed by atoms with Crippen LogP contribution < -0.4 is 4.74 Å². The number of aliphatic hydroxyl groups excluding tert-OH is 1. The van der Waals surface area contributed by atoms with Crippen LogP contribution in [-0.4, -0.2) is 23.3 Å². The number of benzene rings is 1. The first-order valence-electron chi connectivity index (χ1n) is 8.07. The van der Waals surface area contributed by atoms with Crippen LogP contribution in [0.1, 0.15) is 48.8 Å². The van der Waals surface area contributed by atoms with Crippen LogP contribution >= 0.6 is 0 Å². The molecule has 1 aromatic carbocycles. The molecule has 1 N–H and O–H groups in total. The van der Waals surface area contributed by atoms with Crippen molar-refractivity contribution >= 4 is 11.5 Å². The molecule has 0 radical (unpaired) electrons. The number of alkyl halides is 2. The zero-order chi connectivity index (χ0) is 17.5. The molecule has 1 spiro atoms. The summed E-state index contributed by atoms with van der Waals surface area (Å²) in [4.78, 5) is 12.5. The molecule has 0 atom stereocenters. The molecule has 1 aliphatic carbocycles. The Bertz CT molecular complexity index is 703. The number of halogens is 2. The molecule has 4 nitrogen and oxygen atoms in total. The Balaban J connectivity index is 2.15. The number of rotatable bonds is 3. The molecule has 0 saturated heterocycles. The highest BCUT2D eigenvalue weighted by atomic mass is 19.3. The number of ether oxygens (including phenoxy) is 2. The van der Waals surface area contributed by atoms with E-state index < -0.39 is 18.2 Å². The van der Waals surface area contributed by atoms with Crippen LogP contribution in [0.15, 0.2) is 17.9 Å². The van der Waals surface area contributed by atoms with E-state index in [4.69, 9.17) is 4.74 Å². The summed E-state index contributed by atoms with van der Waals surface area (Å²) < 4.78 is 35.7. The number of hydrogen-bond acceptors (Lipinski definition) is 4. The fraction of sp³-hybridized carbons (Fsp3) is 0.500. The third kappa shape index (κ3) is 2.74. The summed E-state index contributed by atoms with van der Waals surface area (Å²) in [6.07, 6.45) is 3.80. The molecule has 1 aromatic rings. The summed E-state index contributed by atoms with van der Waals surface area (Å²) >= 11 is 0. The van der Waals surface area contributed by atoms with Gasteiger partial charge in [-0.1, -0.05) is 12.5 Å². The summed E-state index contributed by atoms with van der Waals surface area (Å²) in [6.45, 7) is 0.424. The quantitative estimate of drug-likeness (QED) is 0.828. The van der Waals surface area contributed by atoms with E-state index >= 15 is 0 Å². The van der Waals surface area contributed by atoms with Gasteiger partial charge in [0.2, 0.25) is 0 Å². The van der Waals surface area contributed by atoms with Gasteiger partial charge >= 0.3 is 12.6 Å². The Kier molecular flexibility index (Phi) is 4.24. The van der Waals surface area contributed by atoms with Crippen LogP contribution in [0.5, 0.6) is 5.75 Å². The van der Waals surface area contributed by atoms with Crippen molar-refractivity contribution in [3.8, 4) is 5.75 Å². The number of aryl methyl sites for hydroxylation is 2. The lowest BCUT2D eigenvalue weighted by Crippen LogP contribution is -2.34. The number of carbonyl (C=O) groups excluding carboxylic acids is 1. The third-order valence-corrected chi connectivity index (χ3v) is 4.73. The maximum atomic E-state index is 12.8. The summed E-state index contributed by atoms with van der Waals surface area (Å²) in [6, 6.07) is 3.20. The van der Waals surface area contributed by atoms with Crippen molar-refractivity contribution in [2.75, 3.05) is 0 Å². The summed E-state index contributed by atoms with van der Waals surface area (Å²) in [7, 11) is 0. The molecule has 0 bridgehead atoms. The minimum absolute atomic E-state index is 0.0509. The Morgan fingerprint density at radius 3 is 2.50 bits per heavy atom. The normalized spacial score (nSPS) is 20.0. The Hall–Kier alpha value is -2.11. The van der Waals surface area contributed by atoms with Gasteiger partial charge in [0, 0.05) is 5.56 Å². The number of esters is 1.